The van der Waals surface area contributed by atoms with E-state index in [-0.39, 0.29) is 5.91 Å². The number of ether oxygens (including phenoxy) is 2. The van der Waals surface area contributed by atoms with E-state index in [1.165, 1.54) is 0 Å². The molecule has 1 aromatic carbocycles. The minimum Gasteiger partial charge on any atom is -0.493 e. The summed E-state index contributed by atoms with van der Waals surface area (Å²) < 4.78 is 10.5. The van der Waals surface area contributed by atoms with Crippen LogP contribution in [0.1, 0.15) is 25.8 Å². The molecular formula is C19H26N4O3. The van der Waals surface area contributed by atoms with E-state index in [4.69, 9.17) is 9.47 Å². The first-order valence-corrected chi connectivity index (χ1v) is 8.60. The number of rotatable bonds is 9. The Morgan fingerprint density at radius 1 is 1.04 bits per heavy atom. The van der Waals surface area contributed by atoms with Crippen molar-refractivity contribution in [2.75, 3.05) is 31.4 Å². The number of amides is 1. The lowest BCUT2D eigenvalue weighted by atomic mass is 10.1. The fraction of sp³-hybridized carbons (Fsp3) is 0.421. The number of carbonyl (C=O) groups is 1. The lowest BCUT2D eigenvalue weighted by Crippen LogP contribution is -2.15. The molecule has 26 heavy (non-hydrogen) atoms. The molecule has 2 aromatic rings. The number of hydrogen-bond acceptors (Lipinski definition) is 6. The second kappa shape index (κ2) is 9.60. The zero-order valence-electron chi connectivity index (χ0n) is 15.7. The number of nitrogens with zero attached hydrogens (tertiary/aromatic N) is 2. The smallest absolute Gasteiger partial charge is 0.225 e. The number of benzene rings is 1. The highest BCUT2D eigenvalue weighted by Crippen LogP contribution is 2.27. The Balaban J connectivity index is 1.83. The third kappa shape index (κ3) is 5.91. The van der Waals surface area contributed by atoms with Gasteiger partial charge in [-0.2, -0.15) is 0 Å². The largest absolute Gasteiger partial charge is 0.493 e. The van der Waals surface area contributed by atoms with Crippen LogP contribution in [0.2, 0.25) is 0 Å². The maximum Gasteiger partial charge on any atom is 0.225 e. The molecule has 0 bridgehead atoms. The van der Waals surface area contributed by atoms with Crippen LogP contribution in [0.4, 0.5) is 11.6 Å². The van der Waals surface area contributed by atoms with Crippen molar-refractivity contribution in [3.05, 3.63) is 35.9 Å². The van der Waals surface area contributed by atoms with Crippen LogP contribution in [0.15, 0.2) is 30.3 Å². The fourth-order valence-electron chi connectivity index (χ4n) is 2.43. The summed E-state index contributed by atoms with van der Waals surface area (Å²) in [6, 6.07) is 9.39. The number of methoxy groups -OCH3 is 2. The number of carbonyl (C=O) groups excluding carboxylic acids is 1. The molecule has 0 saturated heterocycles. The van der Waals surface area contributed by atoms with Crippen LogP contribution in [0.3, 0.4) is 0 Å². The molecule has 7 heteroatoms. The predicted octanol–water partition coefficient (Wildman–Crippen LogP) is 3.13. The molecule has 140 valence electrons. The molecule has 1 amide bonds. The summed E-state index contributed by atoms with van der Waals surface area (Å²) in [5, 5.41) is 14.1. The Kier molecular flexibility index (Phi) is 7.20. The van der Waals surface area contributed by atoms with Crippen molar-refractivity contribution in [3.63, 3.8) is 0 Å². The summed E-state index contributed by atoms with van der Waals surface area (Å²) in [6.45, 7) is 4.69. The van der Waals surface area contributed by atoms with Crippen molar-refractivity contribution in [1.82, 2.24) is 10.2 Å². The quantitative estimate of drug-likeness (QED) is 0.716. The van der Waals surface area contributed by atoms with Crippen LogP contribution in [0, 0.1) is 5.92 Å². The number of anilines is 2. The highest BCUT2D eigenvalue weighted by molar-refractivity contribution is 5.89. The Bertz CT molecular complexity index is 717. The molecule has 2 N–H and O–H groups in total. The maximum absolute atomic E-state index is 11.7. The molecular weight excluding hydrogens is 332 g/mol. The standard InChI is InChI=1S/C19H26N4O3/c1-13(2)11-19(24)21-18-8-7-17(22-23-18)20-10-9-14-5-6-15(25-3)16(12-14)26-4/h5-8,12-13H,9-11H2,1-4H3,(H,20,22)(H,21,23,24). The summed E-state index contributed by atoms with van der Waals surface area (Å²) in [4.78, 5) is 11.7. The first-order chi connectivity index (χ1) is 12.5. The Morgan fingerprint density at radius 3 is 2.35 bits per heavy atom. The van der Waals surface area contributed by atoms with E-state index in [0.29, 0.717) is 42.0 Å². The molecule has 0 unspecified atom stereocenters. The molecule has 0 aliphatic rings. The summed E-state index contributed by atoms with van der Waals surface area (Å²) in [5.41, 5.74) is 1.13. The normalized spacial score (nSPS) is 10.5. The van der Waals surface area contributed by atoms with Gasteiger partial charge in [-0.05, 0) is 42.2 Å². The van der Waals surface area contributed by atoms with E-state index in [2.05, 4.69) is 20.8 Å². The highest BCUT2D eigenvalue weighted by atomic mass is 16.5. The van der Waals surface area contributed by atoms with Crippen molar-refractivity contribution < 1.29 is 14.3 Å². The molecule has 0 aliphatic heterocycles. The minimum absolute atomic E-state index is 0.0523. The third-order valence-electron chi connectivity index (χ3n) is 3.69. The number of nitrogens with one attached hydrogen (secondary N) is 2. The van der Waals surface area contributed by atoms with Gasteiger partial charge in [-0.25, -0.2) is 0 Å². The molecule has 0 fully saturated rings. The van der Waals surface area contributed by atoms with E-state index >= 15 is 0 Å². The zero-order valence-corrected chi connectivity index (χ0v) is 15.7. The first kappa shape index (κ1) is 19.5. The SMILES string of the molecule is COc1ccc(CCNc2ccc(NC(=O)CC(C)C)nn2)cc1OC. The van der Waals surface area contributed by atoms with E-state index in [1.807, 2.05) is 32.0 Å². The van der Waals surface area contributed by atoms with Gasteiger partial charge in [0.2, 0.25) is 5.91 Å². The van der Waals surface area contributed by atoms with Crippen molar-refractivity contribution in [2.45, 2.75) is 26.7 Å². The van der Waals surface area contributed by atoms with Crippen LogP contribution in [-0.4, -0.2) is 36.9 Å². The van der Waals surface area contributed by atoms with Gasteiger partial charge in [0.15, 0.2) is 17.3 Å². The summed E-state index contributed by atoms with van der Waals surface area (Å²) in [6.07, 6.45) is 1.27. The molecule has 0 radical (unpaired) electrons. The fourth-order valence-corrected chi connectivity index (χ4v) is 2.43. The van der Waals surface area contributed by atoms with Gasteiger partial charge in [-0.15, -0.1) is 10.2 Å². The Labute approximate surface area is 154 Å². The van der Waals surface area contributed by atoms with Gasteiger partial charge < -0.3 is 20.1 Å². The summed E-state index contributed by atoms with van der Waals surface area (Å²) >= 11 is 0. The molecule has 0 saturated carbocycles. The van der Waals surface area contributed by atoms with E-state index in [9.17, 15) is 4.79 Å². The lowest BCUT2D eigenvalue weighted by molar-refractivity contribution is -0.116. The van der Waals surface area contributed by atoms with Crippen LogP contribution in [0.25, 0.3) is 0 Å². The molecule has 1 heterocycles. The van der Waals surface area contributed by atoms with Crippen LogP contribution in [0.5, 0.6) is 11.5 Å². The Hall–Kier alpha value is -2.83. The lowest BCUT2D eigenvalue weighted by Gasteiger charge is -2.10. The van der Waals surface area contributed by atoms with Crippen molar-refractivity contribution in [3.8, 4) is 11.5 Å². The highest BCUT2D eigenvalue weighted by Gasteiger charge is 2.07. The van der Waals surface area contributed by atoms with Gasteiger partial charge >= 0.3 is 0 Å². The second-order valence-corrected chi connectivity index (χ2v) is 6.32. The van der Waals surface area contributed by atoms with E-state index < -0.39 is 0 Å². The molecule has 1 aromatic heterocycles. The molecule has 2 rings (SSSR count). The van der Waals surface area contributed by atoms with Crippen molar-refractivity contribution in [1.29, 1.82) is 0 Å². The molecule has 0 spiro atoms. The first-order valence-electron chi connectivity index (χ1n) is 8.60. The van der Waals surface area contributed by atoms with Crippen molar-refractivity contribution in [2.24, 2.45) is 5.92 Å². The zero-order chi connectivity index (χ0) is 18.9. The van der Waals surface area contributed by atoms with Gasteiger partial charge in [0.1, 0.15) is 5.82 Å². The van der Waals surface area contributed by atoms with Crippen LogP contribution < -0.4 is 20.1 Å². The second-order valence-electron chi connectivity index (χ2n) is 6.32. The summed E-state index contributed by atoms with van der Waals surface area (Å²) in [5.74, 6) is 2.80. The average Bonchev–Trinajstić information content (AvgIpc) is 2.62. The van der Waals surface area contributed by atoms with Crippen molar-refractivity contribution >= 4 is 17.5 Å². The molecule has 7 nitrogen and oxygen atoms in total. The Morgan fingerprint density at radius 2 is 1.73 bits per heavy atom. The maximum atomic E-state index is 11.7. The predicted molar refractivity (Wildman–Crippen MR) is 102 cm³/mol. The average molecular weight is 358 g/mol. The van der Waals surface area contributed by atoms with Crippen LogP contribution >= 0.6 is 0 Å². The van der Waals surface area contributed by atoms with E-state index in [1.54, 1.807) is 26.4 Å². The van der Waals surface area contributed by atoms with E-state index in [0.717, 1.165) is 12.0 Å². The number of hydrogen-bond donors (Lipinski definition) is 2. The summed E-state index contributed by atoms with van der Waals surface area (Å²) in [7, 11) is 3.24. The van der Waals surface area contributed by atoms with Gasteiger partial charge in [0.05, 0.1) is 14.2 Å². The third-order valence-corrected chi connectivity index (χ3v) is 3.69. The van der Waals surface area contributed by atoms with Gasteiger partial charge in [-0.1, -0.05) is 19.9 Å². The molecule has 0 aliphatic carbocycles. The van der Waals surface area contributed by atoms with Gasteiger partial charge in [0.25, 0.3) is 0 Å². The topological polar surface area (TPSA) is 85.4 Å². The molecule has 0 atom stereocenters. The van der Waals surface area contributed by atoms with Gasteiger partial charge in [0, 0.05) is 13.0 Å². The monoisotopic (exact) mass is 358 g/mol. The van der Waals surface area contributed by atoms with Gasteiger partial charge in [-0.3, -0.25) is 4.79 Å². The van der Waals surface area contributed by atoms with Crippen LogP contribution in [-0.2, 0) is 11.2 Å². The number of aromatic nitrogens is 2. The minimum atomic E-state index is -0.0523.